The van der Waals surface area contributed by atoms with Gasteiger partial charge in [0, 0.05) is 0 Å². The number of aliphatic hydroxyl groups excluding tert-OH is 1. The molecule has 5 atom stereocenters. The molecule has 0 radical (unpaired) electrons. The van der Waals surface area contributed by atoms with Gasteiger partial charge < -0.3 is 9.84 Å². The summed E-state index contributed by atoms with van der Waals surface area (Å²) in [5.41, 5.74) is 0. The molecule has 2 heteroatoms. The molecule has 106 valence electrons. The van der Waals surface area contributed by atoms with E-state index in [9.17, 15) is 5.11 Å². The summed E-state index contributed by atoms with van der Waals surface area (Å²) in [5, 5.41) is 10.1. The van der Waals surface area contributed by atoms with Gasteiger partial charge in [-0.25, -0.2) is 0 Å². The van der Waals surface area contributed by atoms with Gasteiger partial charge in [-0.05, 0) is 43.9 Å². The van der Waals surface area contributed by atoms with Crippen molar-refractivity contribution in [2.45, 2.75) is 89.9 Å². The van der Waals surface area contributed by atoms with E-state index in [4.69, 9.17) is 4.74 Å². The zero-order valence-corrected chi connectivity index (χ0v) is 12.1. The summed E-state index contributed by atoms with van der Waals surface area (Å²) in [6.07, 6.45) is 11.1. The van der Waals surface area contributed by atoms with E-state index < -0.39 is 0 Å². The average Bonchev–Trinajstić information content (AvgIpc) is 2.34. The van der Waals surface area contributed by atoms with Gasteiger partial charge in [-0.1, -0.05) is 39.5 Å². The van der Waals surface area contributed by atoms with Crippen molar-refractivity contribution in [2.24, 2.45) is 11.8 Å². The molecule has 1 N–H and O–H groups in total. The van der Waals surface area contributed by atoms with Crippen LogP contribution in [0.25, 0.3) is 0 Å². The largest absolute Gasteiger partial charge is 0.390 e. The van der Waals surface area contributed by atoms with Crippen molar-refractivity contribution in [3.05, 3.63) is 0 Å². The molecule has 2 aliphatic carbocycles. The predicted octanol–water partition coefficient (Wildman–Crippen LogP) is 3.91. The molecule has 0 heterocycles. The van der Waals surface area contributed by atoms with Crippen molar-refractivity contribution >= 4 is 0 Å². The first-order valence-electron chi connectivity index (χ1n) is 8.02. The molecular weight excluding hydrogens is 224 g/mol. The van der Waals surface area contributed by atoms with Gasteiger partial charge in [0.2, 0.25) is 0 Å². The molecule has 2 nitrogen and oxygen atoms in total. The highest BCUT2D eigenvalue weighted by atomic mass is 16.5. The van der Waals surface area contributed by atoms with Crippen LogP contribution in [0.1, 0.15) is 71.6 Å². The van der Waals surface area contributed by atoms with E-state index in [2.05, 4.69) is 13.8 Å². The smallest absolute Gasteiger partial charge is 0.0840 e. The van der Waals surface area contributed by atoms with E-state index in [1.807, 2.05) is 0 Å². The Morgan fingerprint density at radius 1 is 1.11 bits per heavy atom. The van der Waals surface area contributed by atoms with Gasteiger partial charge >= 0.3 is 0 Å². The highest BCUT2D eigenvalue weighted by Crippen LogP contribution is 2.33. The van der Waals surface area contributed by atoms with Crippen molar-refractivity contribution in [3.63, 3.8) is 0 Å². The summed E-state index contributed by atoms with van der Waals surface area (Å²) in [5.74, 6) is 1.58. The quantitative estimate of drug-likeness (QED) is 0.824. The Labute approximate surface area is 112 Å². The third kappa shape index (κ3) is 3.96. The lowest BCUT2D eigenvalue weighted by Crippen LogP contribution is -2.39. The van der Waals surface area contributed by atoms with Crippen LogP contribution >= 0.6 is 0 Å². The van der Waals surface area contributed by atoms with Crippen LogP contribution in [-0.4, -0.2) is 23.4 Å². The van der Waals surface area contributed by atoms with Crippen LogP contribution in [0.4, 0.5) is 0 Å². The van der Waals surface area contributed by atoms with E-state index in [0.29, 0.717) is 6.10 Å². The van der Waals surface area contributed by atoms with Gasteiger partial charge in [0.05, 0.1) is 18.3 Å². The predicted molar refractivity (Wildman–Crippen MR) is 74.5 cm³/mol. The highest BCUT2D eigenvalue weighted by Gasteiger charge is 2.32. The zero-order chi connectivity index (χ0) is 13.0. The van der Waals surface area contributed by atoms with Crippen molar-refractivity contribution in [3.8, 4) is 0 Å². The minimum absolute atomic E-state index is 0.116. The van der Waals surface area contributed by atoms with Crippen LogP contribution in [0.15, 0.2) is 0 Å². The second kappa shape index (κ2) is 6.91. The minimum atomic E-state index is -0.213. The Morgan fingerprint density at radius 3 is 2.67 bits per heavy atom. The van der Waals surface area contributed by atoms with Crippen molar-refractivity contribution < 1.29 is 9.84 Å². The van der Waals surface area contributed by atoms with E-state index in [-0.39, 0.29) is 12.2 Å². The standard InChI is InChI=1S/C16H30O2/c1-3-5-13-8-9-15(17)16(11-13)18-14-7-4-6-12(2)10-14/h12-17H,3-11H2,1-2H3. The summed E-state index contributed by atoms with van der Waals surface area (Å²) >= 11 is 0. The molecule has 18 heavy (non-hydrogen) atoms. The van der Waals surface area contributed by atoms with Crippen LogP contribution < -0.4 is 0 Å². The molecule has 5 unspecified atom stereocenters. The molecule has 2 rings (SSSR count). The van der Waals surface area contributed by atoms with E-state index >= 15 is 0 Å². The molecule has 0 aromatic carbocycles. The molecule has 0 saturated heterocycles. The Hall–Kier alpha value is -0.0800. The molecule has 2 fully saturated rings. The highest BCUT2D eigenvalue weighted by molar-refractivity contribution is 4.82. The Kier molecular flexibility index (Phi) is 5.50. The maximum Gasteiger partial charge on any atom is 0.0840 e. The molecule has 0 aliphatic heterocycles. The van der Waals surface area contributed by atoms with Crippen LogP contribution in [0, 0.1) is 11.8 Å². The van der Waals surface area contributed by atoms with Crippen LogP contribution in [0.2, 0.25) is 0 Å². The molecule has 0 aromatic heterocycles. The number of aliphatic hydroxyl groups is 1. The van der Waals surface area contributed by atoms with Gasteiger partial charge in [0.15, 0.2) is 0 Å². The lowest BCUT2D eigenvalue weighted by molar-refractivity contribution is -0.117. The summed E-state index contributed by atoms with van der Waals surface area (Å²) in [4.78, 5) is 0. The first kappa shape index (κ1) is 14.3. The third-order valence-electron chi connectivity index (χ3n) is 4.82. The van der Waals surface area contributed by atoms with E-state index in [1.165, 1.54) is 44.9 Å². The number of hydrogen-bond donors (Lipinski definition) is 1. The fourth-order valence-electron chi connectivity index (χ4n) is 3.76. The molecule has 0 bridgehead atoms. The second-order valence-corrected chi connectivity index (χ2v) is 6.60. The molecule has 0 aromatic rings. The third-order valence-corrected chi connectivity index (χ3v) is 4.82. The van der Waals surface area contributed by atoms with E-state index in [0.717, 1.165) is 24.7 Å². The number of ether oxygens (including phenoxy) is 1. The van der Waals surface area contributed by atoms with Gasteiger partial charge in [-0.3, -0.25) is 0 Å². The first-order valence-corrected chi connectivity index (χ1v) is 8.02. The lowest BCUT2D eigenvalue weighted by Gasteiger charge is -2.37. The second-order valence-electron chi connectivity index (χ2n) is 6.60. The van der Waals surface area contributed by atoms with Crippen LogP contribution in [0.5, 0.6) is 0 Å². The van der Waals surface area contributed by atoms with Gasteiger partial charge in [0.25, 0.3) is 0 Å². The number of rotatable bonds is 4. The van der Waals surface area contributed by atoms with Crippen molar-refractivity contribution in [1.29, 1.82) is 0 Å². The maximum absolute atomic E-state index is 10.1. The van der Waals surface area contributed by atoms with Crippen LogP contribution in [0.3, 0.4) is 0 Å². The first-order chi connectivity index (χ1) is 8.69. The Bertz CT molecular complexity index is 241. The number of hydrogen-bond acceptors (Lipinski definition) is 2. The topological polar surface area (TPSA) is 29.5 Å². The summed E-state index contributed by atoms with van der Waals surface area (Å²) < 4.78 is 6.24. The monoisotopic (exact) mass is 254 g/mol. The fraction of sp³-hybridized carbons (Fsp3) is 1.00. The average molecular weight is 254 g/mol. The molecule has 2 saturated carbocycles. The zero-order valence-electron chi connectivity index (χ0n) is 12.1. The van der Waals surface area contributed by atoms with E-state index in [1.54, 1.807) is 0 Å². The Balaban J connectivity index is 1.82. The normalized spacial score (nSPS) is 41.8. The summed E-state index contributed by atoms with van der Waals surface area (Å²) in [6.45, 7) is 4.58. The minimum Gasteiger partial charge on any atom is -0.390 e. The van der Waals surface area contributed by atoms with Gasteiger partial charge in [0.1, 0.15) is 0 Å². The van der Waals surface area contributed by atoms with Crippen molar-refractivity contribution in [2.75, 3.05) is 0 Å². The molecule has 0 amide bonds. The summed E-state index contributed by atoms with van der Waals surface area (Å²) in [6, 6.07) is 0. The maximum atomic E-state index is 10.1. The lowest BCUT2D eigenvalue weighted by atomic mass is 9.82. The SMILES string of the molecule is CCCC1CCC(O)C(OC2CCCC(C)C2)C1. The van der Waals surface area contributed by atoms with Gasteiger partial charge in [-0.15, -0.1) is 0 Å². The summed E-state index contributed by atoms with van der Waals surface area (Å²) in [7, 11) is 0. The molecule has 0 spiro atoms. The molecular formula is C16H30O2. The van der Waals surface area contributed by atoms with Crippen molar-refractivity contribution in [1.82, 2.24) is 0 Å². The van der Waals surface area contributed by atoms with Gasteiger partial charge in [-0.2, -0.15) is 0 Å². The Morgan fingerprint density at radius 2 is 1.94 bits per heavy atom. The molecule has 2 aliphatic rings. The fourth-order valence-corrected chi connectivity index (χ4v) is 3.76. The van der Waals surface area contributed by atoms with Crippen LogP contribution in [-0.2, 0) is 4.74 Å².